The lowest BCUT2D eigenvalue weighted by Crippen LogP contribution is -2.20. The summed E-state index contributed by atoms with van der Waals surface area (Å²) < 4.78 is 0. The van der Waals surface area contributed by atoms with E-state index in [4.69, 9.17) is 23.1 Å². The lowest BCUT2D eigenvalue weighted by atomic mass is 10.1. The van der Waals surface area contributed by atoms with Gasteiger partial charge in [0.15, 0.2) is 0 Å². The Morgan fingerprint density at radius 3 is 1.38 bits per heavy atom. The van der Waals surface area contributed by atoms with Crippen molar-refractivity contribution in [2.24, 2.45) is 11.5 Å². The predicted molar refractivity (Wildman–Crippen MR) is 80.1 cm³/mol. The van der Waals surface area contributed by atoms with E-state index in [1.54, 1.807) is 36.4 Å². The van der Waals surface area contributed by atoms with Gasteiger partial charge in [0.2, 0.25) is 11.8 Å². The number of carbonyl (C=O) groups excluding carboxylic acids is 3. The second-order valence-electron chi connectivity index (χ2n) is 3.91. The molecule has 0 heterocycles. The quantitative estimate of drug-likeness (QED) is 0.847. The zero-order valence-corrected chi connectivity index (χ0v) is 11.7. The SMILES string of the molecule is NC(=O)c1ccccc1C(N)=O.O=C(Cl)c1ccccc1. The van der Waals surface area contributed by atoms with Crippen molar-refractivity contribution in [3.8, 4) is 0 Å². The van der Waals surface area contributed by atoms with Gasteiger partial charge < -0.3 is 11.5 Å². The van der Waals surface area contributed by atoms with Crippen molar-refractivity contribution in [2.45, 2.75) is 0 Å². The van der Waals surface area contributed by atoms with Crippen LogP contribution in [0, 0.1) is 0 Å². The lowest BCUT2D eigenvalue weighted by Gasteiger charge is -2.00. The average Bonchev–Trinajstić information content (AvgIpc) is 2.48. The maximum atomic E-state index is 10.7. The van der Waals surface area contributed by atoms with Crippen molar-refractivity contribution >= 4 is 28.7 Å². The highest BCUT2D eigenvalue weighted by Gasteiger charge is 2.10. The molecule has 0 unspecified atom stereocenters. The average molecular weight is 305 g/mol. The van der Waals surface area contributed by atoms with E-state index < -0.39 is 17.1 Å². The van der Waals surface area contributed by atoms with Gasteiger partial charge in [-0.15, -0.1) is 0 Å². The number of halogens is 1. The summed E-state index contributed by atoms with van der Waals surface area (Å²) in [5, 5.41) is -0.407. The topological polar surface area (TPSA) is 103 Å². The fraction of sp³-hybridized carbons (Fsp3) is 0. The number of nitrogens with two attached hydrogens (primary N) is 2. The highest BCUT2D eigenvalue weighted by molar-refractivity contribution is 6.67. The smallest absolute Gasteiger partial charge is 0.252 e. The Labute approximate surface area is 126 Å². The van der Waals surface area contributed by atoms with Crippen LogP contribution in [0.5, 0.6) is 0 Å². The van der Waals surface area contributed by atoms with Crippen LogP contribution in [-0.2, 0) is 0 Å². The van der Waals surface area contributed by atoms with Crippen molar-refractivity contribution in [2.75, 3.05) is 0 Å². The molecule has 21 heavy (non-hydrogen) atoms. The Morgan fingerprint density at radius 1 is 0.714 bits per heavy atom. The second kappa shape index (κ2) is 7.81. The lowest BCUT2D eigenvalue weighted by molar-refractivity contribution is 0.0967. The van der Waals surface area contributed by atoms with Gasteiger partial charge in [-0.05, 0) is 23.7 Å². The van der Waals surface area contributed by atoms with Crippen LogP contribution < -0.4 is 11.5 Å². The Hall–Kier alpha value is -2.66. The first-order valence-electron chi connectivity index (χ1n) is 5.87. The first-order chi connectivity index (χ1) is 9.93. The number of hydrogen-bond donors (Lipinski definition) is 2. The maximum absolute atomic E-state index is 10.7. The van der Waals surface area contributed by atoms with Gasteiger partial charge in [-0.25, -0.2) is 0 Å². The first-order valence-corrected chi connectivity index (χ1v) is 6.24. The number of carbonyl (C=O) groups is 3. The number of rotatable bonds is 3. The second-order valence-corrected chi connectivity index (χ2v) is 4.26. The summed E-state index contributed by atoms with van der Waals surface area (Å²) in [5.41, 5.74) is 10.9. The normalized spacial score (nSPS) is 9.19. The minimum absolute atomic E-state index is 0.157. The molecule has 0 spiro atoms. The van der Waals surface area contributed by atoms with Crippen molar-refractivity contribution in [3.05, 3.63) is 71.3 Å². The number of hydrogen-bond acceptors (Lipinski definition) is 3. The fourth-order valence-electron chi connectivity index (χ4n) is 1.48. The van der Waals surface area contributed by atoms with Crippen molar-refractivity contribution in [1.82, 2.24) is 0 Å². The first kappa shape index (κ1) is 16.4. The largest absolute Gasteiger partial charge is 0.366 e. The van der Waals surface area contributed by atoms with Gasteiger partial charge in [0, 0.05) is 5.56 Å². The summed E-state index contributed by atoms with van der Waals surface area (Å²) >= 11 is 5.16. The van der Waals surface area contributed by atoms with Crippen LogP contribution in [0.15, 0.2) is 54.6 Å². The van der Waals surface area contributed by atoms with Crippen LogP contribution in [0.25, 0.3) is 0 Å². The summed E-state index contributed by atoms with van der Waals surface area (Å²) in [7, 11) is 0. The van der Waals surface area contributed by atoms with Gasteiger partial charge in [-0.1, -0.05) is 42.5 Å². The minimum atomic E-state index is -0.649. The van der Waals surface area contributed by atoms with E-state index in [9.17, 15) is 14.4 Å². The zero-order chi connectivity index (χ0) is 15.8. The Bertz CT molecular complexity index is 624. The molecule has 0 aliphatic rings. The molecule has 0 saturated carbocycles. The molecule has 0 saturated heterocycles. The van der Waals surface area contributed by atoms with E-state index in [0.717, 1.165) is 0 Å². The molecule has 2 aromatic carbocycles. The zero-order valence-electron chi connectivity index (χ0n) is 11.0. The molecule has 0 bridgehead atoms. The van der Waals surface area contributed by atoms with Crippen molar-refractivity contribution < 1.29 is 14.4 Å². The maximum Gasteiger partial charge on any atom is 0.252 e. The Morgan fingerprint density at radius 2 is 1.10 bits per heavy atom. The third-order valence-corrected chi connectivity index (χ3v) is 2.68. The molecule has 6 heteroatoms. The molecule has 108 valence electrons. The van der Waals surface area contributed by atoms with Gasteiger partial charge >= 0.3 is 0 Å². The molecule has 0 radical (unpaired) electrons. The number of benzene rings is 2. The highest BCUT2D eigenvalue weighted by atomic mass is 35.5. The van der Waals surface area contributed by atoms with Crippen LogP contribution in [-0.4, -0.2) is 17.1 Å². The summed E-state index contributed by atoms with van der Waals surface area (Å²) in [6.45, 7) is 0. The van der Waals surface area contributed by atoms with Gasteiger partial charge in [0.1, 0.15) is 0 Å². The standard InChI is InChI=1S/C8H8N2O2.C7H5ClO/c9-7(11)5-3-1-2-4-6(5)8(10)12;8-7(9)6-4-2-1-3-5-6/h1-4H,(H2,9,11)(H2,10,12);1-5H. The molecule has 0 atom stereocenters. The third kappa shape index (κ3) is 5.08. The molecule has 0 aliphatic heterocycles. The molecule has 5 nitrogen and oxygen atoms in total. The summed E-state index contributed by atoms with van der Waals surface area (Å²) in [6, 6.07) is 14.9. The van der Waals surface area contributed by atoms with Crippen LogP contribution in [0.4, 0.5) is 0 Å². The Balaban J connectivity index is 0.000000219. The predicted octanol–water partition coefficient (Wildman–Crippen LogP) is 1.95. The molecule has 4 N–H and O–H groups in total. The van der Waals surface area contributed by atoms with Gasteiger partial charge in [-0.2, -0.15) is 0 Å². The summed E-state index contributed by atoms with van der Waals surface area (Å²) in [4.78, 5) is 31.9. The molecular weight excluding hydrogens is 292 g/mol. The van der Waals surface area contributed by atoms with E-state index >= 15 is 0 Å². The number of primary amides is 2. The molecule has 0 fully saturated rings. The molecule has 0 aliphatic carbocycles. The van der Waals surface area contributed by atoms with Crippen molar-refractivity contribution in [3.63, 3.8) is 0 Å². The minimum Gasteiger partial charge on any atom is -0.366 e. The van der Waals surface area contributed by atoms with Crippen LogP contribution in [0.1, 0.15) is 31.1 Å². The third-order valence-electron chi connectivity index (χ3n) is 2.46. The van der Waals surface area contributed by atoms with Gasteiger partial charge in [-0.3, -0.25) is 14.4 Å². The Kier molecular flexibility index (Phi) is 6.10. The van der Waals surface area contributed by atoms with Crippen LogP contribution in [0.3, 0.4) is 0 Å². The molecule has 2 aromatic rings. The molecule has 2 rings (SSSR count). The van der Waals surface area contributed by atoms with Crippen LogP contribution in [0.2, 0.25) is 0 Å². The number of amides is 2. The molecule has 2 amide bonds. The summed E-state index contributed by atoms with van der Waals surface area (Å²) in [6.07, 6.45) is 0. The molecule has 0 aromatic heterocycles. The van der Waals surface area contributed by atoms with E-state index in [1.807, 2.05) is 6.07 Å². The van der Waals surface area contributed by atoms with E-state index in [-0.39, 0.29) is 11.1 Å². The fourth-order valence-corrected chi connectivity index (χ4v) is 1.61. The van der Waals surface area contributed by atoms with Gasteiger partial charge in [0.05, 0.1) is 11.1 Å². The van der Waals surface area contributed by atoms with Crippen LogP contribution >= 0.6 is 11.6 Å². The van der Waals surface area contributed by atoms with E-state index in [0.29, 0.717) is 5.56 Å². The monoisotopic (exact) mass is 304 g/mol. The van der Waals surface area contributed by atoms with Gasteiger partial charge in [0.25, 0.3) is 5.24 Å². The highest BCUT2D eigenvalue weighted by Crippen LogP contribution is 2.06. The van der Waals surface area contributed by atoms with E-state index in [1.165, 1.54) is 12.1 Å². The molecular formula is C15H13ClN2O3. The van der Waals surface area contributed by atoms with Crippen molar-refractivity contribution in [1.29, 1.82) is 0 Å². The summed E-state index contributed by atoms with van der Waals surface area (Å²) in [5.74, 6) is -1.30. The van der Waals surface area contributed by atoms with E-state index in [2.05, 4.69) is 0 Å².